The number of fused-ring (bicyclic) bond motifs is 1. The quantitative estimate of drug-likeness (QED) is 0.752. The summed E-state index contributed by atoms with van der Waals surface area (Å²) < 4.78 is 3.37. The summed E-state index contributed by atoms with van der Waals surface area (Å²) in [5, 5.41) is 4.26. The van der Waals surface area contributed by atoms with Crippen LogP contribution in [0.1, 0.15) is 17.2 Å². The number of aromatic nitrogens is 3. The fraction of sp³-hybridized carbons (Fsp3) is 0.250. The number of rotatable bonds is 4. The van der Waals surface area contributed by atoms with E-state index in [-0.39, 0.29) is 11.5 Å². The standard InChI is InChI=1S/C16H17N3OS/c1-12-9-15-16(20)18(7-8-19(15)17-12)10-14(11-21)13-5-3-2-4-6-13/h2-9,14,21H,10-11H2,1H3. The molecule has 0 saturated carbocycles. The lowest BCUT2D eigenvalue weighted by Gasteiger charge is -2.16. The van der Waals surface area contributed by atoms with Gasteiger partial charge in [-0.3, -0.25) is 4.79 Å². The van der Waals surface area contributed by atoms with Crippen LogP contribution in [0.25, 0.3) is 5.52 Å². The molecule has 3 aromatic rings. The molecule has 4 nitrogen and oxygen atoms in total. The van der Waals surface area contributed by atoms with Crippen LogP contribution in [0.3, 0.4) is 0 Å². The van der Waals surface area contributed by atoms with Crippen LogP contribution in [0.15, 0.2) is 53.6 Å². The third-order valence-electron chi connectivity index (χ3n) is 3.63. The van der Waals surface area contributed by atoms with Crippen LogP contribution < -0.4 is 5.56 Å². The number of hydrogen-bond donors (Lipinski definition) is 1. The predicted molar refractivity (Wildman–Crippen MR) is 87.2 cm³/mol. The van der Waals surface area contributed by atoms with Crippen LogP contribution in [-0.2, 0) is 6.54 Å². The zero-order valence-electron chi connectivity index (χ0n) is 11.8. The highest BCUT2D eigenvalue weighted by Gasteiger charge is 2.13. The van der Waals surface area contributed by atoms with E-state index in [9.17, 15) is 4.79 Å². The van der Waals surface area contributed by atoms with Crippen molar-refractivity contribution in [1.82, 2.24) is 14.2 Å². The third-order valence-corrected chi connectivity index (χ3v) is 4.07. The molecule has 0 saturated heterocycles. The Labute approximate surface area is 128 Å². The predicted octanol–water partition coefficient (Wildman–Crippen LogP) is 2.52. The van der Waals surface area contributed by atoms with E-state index in [1.165, 1.54) is 5.56 Å². The van der Waals surface area contributed by atoms with Crippen LogP contribution in [0.4, 0.5) is 0 Å². The number of aryl methyl sites for hydroxylation is 1. The van der Waals surface area contributed by atoms with Crippen molar-refractivity contribution in [3.63, 3.8) is 0 Å². The first kappa shape index (κ1) is 13.9. The number of thiol groups is 1. The summed E-state index contributed by atoms with van der Waals surface area (Å²) in [5.41, 5.74) is 2.64. The maximum atomic E-state index is 12.5. The molecule has 5 heteroatoms. The molecule has 1 atom stereocenters. The van der Waals surface area contributed by atoms with Gasteiger partial charge in [0.05, 0.1) is 5.69 Å². The summed E-state index contributed by atoms with van der Waals surface area (Å²) >= 11 is 4.44. The molecule has 0 spiro atoms. The fourth-order valence-corrected chi connectivity index (χ4v) is 2.85. The van der Waals surface area contributed by atoms with Crippen LogP contribution in [-0.4, -0.2) is 19.9 Å². The molecule has 21 heavy (non-hydrogen) atoms. The Bertz CT molecular complexity index is 807. The second-order valence-electron chi connectivity index (χ2n) is 5.16. The van der Waals surface area contributed by atoms with Gasteiger partial charge in [-0.05, 0) is 24.3 Å². The lowest BCUT2D eigenvalue weighted by molar-refractivity contribution is 0.584. The molecule has 0 radical (unpaired) electrons. The van der Waals surface area contributed by atoms with Crippen LogP contribution in [0, 0.1) is 6.92 Å². The van der Waals surface area contributed by atoms with Gasteiger partial charge < -0.3 is 4.57 Å². The molecule has 0 aliphatic carbocycles. The van der Waals surface area contributed by atoms with Gasteiger partial charge in [0.15, 0.2) is 0 Å². The summed E-state index contributed by atoms with van der Waals surface area (Å²) in [6.45, 7) is 2.50. The lowest BCUT2D eigenvalue weighted by atomic mass is 10.0. The highest BCUT2D eigenvalue weighted by Crippen LogP contribution is 2.18. The average Bonchev–Trinajstić information content (AvgIpc) is 2.89. The van der Waals surface area contributed by atoms with Crippen LogP contribution in [0.2, 0.25) is 0 Å². The zero-order valence-corrected chi connectivity index (χ0v) is 12.7. The monoisotopic (exact) mass is 299 g/mol. The van der Waals surface area contributed by atoms with Crippen LogP contribution >= 0.6 is 12.6 Å². The number of nitrogens with zero attached hydrogens (tertiary/aromatic N) is 3. The number of hydrogen-bond acceptors (Lipinski definition) is 3. The first-order valence-electron chi connectivity index (χ1n) is 6.90. The normalized spacial score (nSPS) is 12.7. The van der Waals surface area contributed by atoms with Crippen molar-refractivity contribution >= 4 is 18.1 Å². The van der Waals surface area contributed by atoms with Crippen molar-refractivity contribution in [2.75, 3.05) is 5.75 Å². The molecule has 1 aromatic carbocycles. The zero-order chi connectivity index (χ0) is 14.8. The molecular weight excluding hydrogens is 282 g/mol. The molecule has 2 heterocycles. The van der Waals surface area contributed by atoms with Crippen molar-refractivity contribution < 1.29 is 0 Å². The third kappa shape index (κ3) is 2.74. The Kier molecular flexibility index (Phi) is 3.84. The Morgan fingerprint density at radius 1 is 1.24 bits per heavy atom. The van der Waals surface area contributed by atoms with E-state index in [0.717, 1.165) is 5.69 Å². The van der Waals surface area contributed by atoms with Gasteiger partial charge in [-0.25, -0.2) is 4.52 Å². The van der Waals surface area contributed by atoms with Crippen molar-refractivity contribution in [1.29, 1.82) is 0 Å². The number of benzene rings is 1. The van der Waals surface area contributed by atoms with Gasteiger partial charge in [-0.2, -0.15) is 17.7 Å². The average molecular weight is 299 g/mol. The maximum Gasteiger partial charge on any atom is 0.276 e. The summed E-state index contributed by atoms with van der Waals surface area (Å²) in [6.07, 6.45) is 3.62. The van der Waals surface area contributed by atoms with E-state index in [1.54, 1.807) is 15.3 Å². The van der Waals surface area contributed by atoms with Gasteiger partial charge in [-0.1, -0.05) is 30.3 Å². The van der Waals surface area contributed by atoms with Gasteiger partial charge in [0, 0.05) is 24.9 Å². The molecule has 0 aliphatic rings. The first-order chi connectivity index (χ1) is 10.2. The minimum atomic E-state index is -0.0131. The summed E-state index contributed by atoms with van der Waals surface area (Å²) in [7, 11) is 0. The molecule has 1 unspecified atom stereocenters. The molecule has 0 N–H and O–H groups in total. The molecule has 0 aliphatic heterocycles. The summed E-state index contributed by atoms with van der Waals surface area (Å²) in [4.78, 5) is 12.5. The Morgan fingerprint density at radius 2 is 2.00 bits per heavy atom. The first-order valence-corrected chi connectivity index (χ1v) is 7.53. The Balaban J connectivity index is 1.97. The SMILES string of the molecule is Cc1cc2c(=O)n(CC(CS)c3ccccc3)ccn2n1. The van der Waals surface area contributed by atoms with E-state index in [4.69, 9.17) is 0 Å². The van der Waals surface area contributed by atoms with E-state index in [2.05, 4.69) is 29.9 Å². The summed E-state index contributed by atoms with van der Waals surface area (Å²) in [5.74, 6) is 0.901. The molecule has 0 amide bonds. The second-order valence-corrected chi connectivity index (χ2v) is 5.53. The maximum absolute atomic E-state index is 12.5. The van der Waals surface area contributed by atoms with E-state index >= 15 is 0 Å². The molecule has 3 rings (SSSR count). The molecule has 0 bridgehead atoms. The minimum Gasteiger partial charge on any atom is -0.311 e. The lowest BCUT2D eigenvalue weighted by Crippen LogP contribution is -2.24. The highest BCUT2D eigenvalue weighted by molar-refractivity contribution is 7.80. The van der Waals surface area contributed by atoms with Gasteiger partial charge in [0.25, 0.3) is 5.56 Å². The largest absolute Gasteiger partial charge is 0.311 e. The van der Waals surface area contributed by atoms with Gasteiger partial charge in [-0.15, -0.1) is 0 Å². The Hall–Kier alpha value is -2.01. The smallest absolute Gasteiger partial charge is 0.276 e. The van der Waals surface area contributed by atoms with E-state index < -0.39 is 0 Å². The Morgan fingerprint density at radius 3 is 2.71 bits per heavy atom. The topological polar surface area (TPSA) is 39.3 Å². The van der Waals surface area contributed by atoms with Crippen molar-refractivity contribution in [3.05, 3.63) is 70.4 Å². The van der Waals surface area contributed by atoms with E-state index in [1.807, 2.05) is 37.4 Å². The van der Waals surface area contributed by atoms with Gasteiger partial charge in [0.1, 0.15) is 5.52 Å². The highest BCUT2D eigenvalue weighted by atomic mass is 32.1. The van der Waals surface area contributed by atoms with Crippen molar-refractivity contribution in [3.8, 4) is 0 Å². The van der Waals surface area contributed by atoms with E-state index in [0.29, 0.717) is 17.8 Å². The van der Waals surface area contributed by atoms with Gasteiger partial charge in [0.2, 0.25) is 0 Å². The second kappa shape index (κ2) is 5.77. The fourth-order valence-electron chi connectivity index (χ4n) is 2.52. The summed E-state index contributed by atoms with van der Waals surface area (Å²) in [6, 6.07) is 12.0. The van der Waals surface area contributed by atoms with Gasteiger partial charge >= 0.3 is 0 Å². The van der Waals surface area contributed by atoms with Crippen molar-refractivity contribution in [2.24, 2.45) is 0 Å². The molecule has 2 aromatic heterocycles. The molecule has 0 fully saturated rings. The van der Waals surface area contributed by atoms with Crippen LogP contribution in [0.5, 0.6) is 0 Å². The molecule has 108 valence electrons. The minimum absolute atomic E-state index is 0.0131. The van der Waals surface area contributed by atoms with Crippen molar-refractivity contribution in [2.45, 2.75) is 19.4 Å². The molecular formula is C16H17N3OS.